The second kappa shape index (κ2) is 6.24. The Kier molecular flexibility index (Phi) is 4.03. The highest BCUT2D eigenvalue weighted by atomic mass is 16.3. The van der Waals surface area contributed by atoms with Crippen LogP contribution in [-0.2, 0) is 0 Å². The van der Waals surface area contributed by atoms with Crippen molar-refractivity contribution >= 4 is 17.5 Å². The highest BCUT2D eigenvalue weighted by Crippen LogP contribution is 2.45. The number of allylic oxidation sites excluding steroid dienone is 1. The molecule has 26 heavy (non-hydrogen) atoms. The summed E-state index contributed by atoms with van der Waals surface area (Å²) in [5.74, 6) is 1.10. The van der Waals surface area contributed by atoms with Crippen LogP contribution in [0.5, 0.6) is 5.75 Å². The third-order valence-electron chi connectivity index (χ3n) is 5.01. The lowest BCUT2D eigenvalue weighted by atomic mass is 9.92. The zero-order valence-electron chi connectivity index (χ0n) is 15.7. The quantitative estimate of drug-likeness (QED) is 0.759. The average molecular weight is 344 g/mol. The van der Waals surface area contributed by atoms with E-state index in [4.69, 9.17) is 0 Å². The van der Waals surface area contributed by atoms with Gasteiger partial charge in [0.1, 0.15) is 5.75 Å². The Labute approximate surface area is 155 Å². The molecule has 0 spiro atoms. The summed E-state index contributed by atoms with van der Waals surface area (Å²) in [6.45, 7) is 12.4. The Morgan fingerprint density at radius 1 is 0.846 bits per heavy atom. The standard InChI is InChI=1S/C23H24N2O/c1-15(2)19-8-6-9-20(16(3)4)23(19)24-13-18-12-11-17-7-5-10-21(26)22(17)25(18)14-24/h5-13,15-16,26H,1-4H3. The third-order valence-corrected chi connectivity index (χ3v) is 5.01. The highest BCUT2D eigenvalue weighted by Gasteiger charge is 2.32. The van der Waals surface area contributed by atoms with Crippen molar-refractivity contribution in [3.05, 3.63) is 77.7 Å². The van der Waals surface area contributed by atoms with Crippen LogP contribution in [0.25, 0.3) is 6.08 Å². The van der Waals surface area contributed by atoms with Gasteiger partial charge < -0.3 is 14.9 Å². The number of hydrogen-bond acceptors (Lipinski definition) is 3. The van der Waals surface area contributed by atoms with Crippen LogP contribution in [0, 0.1) is 6.67 Å². The molecule has 3 heteroatoms. The first-order chi connectivity index (χ1) is 12.5. The normalized spacial score (nSPS) is 15.5. The molecule has 2 heterocycles. The Morgan fingerprint density at radius 3 is 2.15 bits per heavy atom. The van der Waals surface area contributed by atoms with Gasteiger partial charge in [-0.3, -0.25) is 0 Å². The minimum absolute atomic E-state index is 0.272. The summed E-state index contributed by atoms with van der Waals surface area (Å²) in [7, 11) is 0. The van der Waals surface area contributed by atoms with Crippen LogP contribution in [0.4, 0.5) is 11.4 Å². The fourth-order valence-corrected chi connectivity index (χ4v) is 3.69. The van der Waals surface area contributed by atoms with Gasteiger partial charge in [0, 0.05) is 11.8 Å². The molecule has 0 aromatic heterocycles. The molecule has 0 saturated carbocycles. The molecule has 1 N–H and O–H groups in total. The van der Waals surface area contributed by atoms with Gasteiger partial charge in [0.2, 0.25) is 6.67 Å². The molecule has 0 saturated heterocycles. The van der Waals surface area contributed by atoms with E-state index in [0.29, 0.717) is 11.8 Å². The summed E-state index contributed by atoms with van der Waals surface area (Å²) >= 11 is 0. The third kappa shape index (κ3) is 2.59. The average Bonchev–Trinajstić information content (AvgIpc) is 3.05. The van der Waals surface area contributed by atoms with E-state index in [1.165, 1.54) is 16.8 Å². The Balaban J connectivity index is 1.81. The topological polar surface area (TPSA) is 26.7 Å². The van der Waals surface area contributed by atoms with E-state index >= 15 is 0 Å². The van der Waals surface area contributed by atoms with Crippen molar-refractivity contribution in [1.82, 2.24) is 0 Å². The summed E-state index contributed by atoms with van der Waals surface area (Å²) in [6.07, 6.45) is 6.21. The van der Waals surface area contributed by atoms with Crippen molar-refractivity contribution in [3.8, 4) is 5.75 Å². The van der Waals surface area contributed by atoms with E-state index in [1.807, 2.05) is 23.1 Å². The number of nitrogens with zero attached hydrogens (tertiary/aromatic N) is 2. The first-order valence-electron chi connectivity index (χ1n) is 9.17. The van der Waals surface area contributed by atoms with E-state index in [0.717, 1.165) is 16.9 Å². The zero-order chi connectivity index (χ0) is 18.4. The van der Waals surface area contributed by atoms with Crippen molar-refractivity contribution in [3.63, 3.8) is 0 Å². The van der Waals surface area contributed by atoms with Gasteiger partial charge in [-0.15, -0.1) is 0 Å². The van der Waals surface area contributed by atoms with Crippen LogP contribution in [0.15, 0.2) is 54.4 Å². The summed E-state index contributed by atoms with van der Waals surface area (Å²) in [5, 5.41) is 10.4. The second-order valence-corrected chi connectivity index (χ2v) is 7.50. The van der Waals surface area contributed by atoms with Gasteiger partial charge in [-0.1, -0.05) is 64.1 Å². The molecular formula is C23H24N2O. The largest absolute Gasteiger partial charge is 0.506 e. The van der Waals surface area contributed by atoms with Gasteiger partial charge >= 0.3 is 0 Å². The molecule has 0 aliphatic carbocycles. The summed E-state index contributed by atoms with van der Waals surface area (Å²) < 4.78 is 0. The Bertz CT molecular complexity index is 882. The molecule has 132 valence electrons. The predicted molar refractivity (Wildman–Crippen MR) is 108 cm³/mol. The first kappa shape index (κ1) is 16.8. The maximum absolute atomic E-state index is 10.4. The highest BCUT2D eigenvalue weighted by molar-refractivity contribution is 5.85. The molecule has 3 nitrogen and oxygen atoms in total. The lowest BCUT2D eigenvalue weighted by Crippen LogP contribution is -2.23. The Morgan fingerprint density at radius 2 is 1.50 bits per heavy atom. The number of rotatable bonds is 3. The Hall–Kier alpha value is -2.68. The SMILES string of the molecule is CC(C)c1cccc(C(C)C)c1N1[C]N2C(=C1)C=Cc1cccc(O)c12. The molecule has 2 aromatic carbocycles. The summed E-state index contributed by atoms with van der Waals surface area (Å²) in [6, 6.07) is 12.1. The van der Waals surface area contributed by atoms with Crippen LogP contribution in [0.1, 0.15) is 56.2 Å². The molecule has 0 atom stereocenters. The molecule has 4 rings (SSSR count). The van der Waals surface area contributed by atoms with Crippen LogP contribution in [-0.4, -0.2) is 5.11 Å². The number of phenolic OH excluding ortho intramolecular Hbond substituents is 1. The van der Waals surface area contributed by atoms with Crippen molar-refractivity contribution in [2.24, 2.45) is 0 Å². The number of phenols is 1. The molecule has 2 aliphatic rings. The van der Waals surface area contributed by atoms with Crippen molar-refractivity contribution in [1.29, 1.82) is 0 Å². The number of benzene rings is 2. The van der Waals surface area contributed by atoms with Gasteiger partial charge in [0.25, 0.3) is 0 Å². The van der Waals surface area contributed by atoms with Crippen LogP contribution in [0.3, 0.4) is 0 Å². The molecule has 0 unspecified atom stereocenters. The van der Waals surface area contributed by atoms with Gasteiger partial charge in [0.05, 0.1) is 17.1 Å². The zero-order valence-corrected chi connectivity index (χ0v) is 15.7. The minimum atomic E-state index is 0.272. The lowest BCUT2D eigenvalue weighted by Gasteiger charge is -2.28. The number of aromatic hydroxyl groups is 1. The van der Waals surface area contributed by atoms with Crippen LogP contribution < -0.4 is 9.80 Å². The van der Waals surface area contributed by atoms with Crippen LogP contribution in [0.2, 0.25) is 0 Å². The number of fused-ring (bicyclic) bond motifs is 3. The van der Waals surface area contributed by atoms with E-state index in [9.17, 15) is 5.11 Å². The van der Waals surface area contributed by atoms with Crippen LogP contribution >= 0.6 is 0 Å². The van der Waals surface area contributed by atoms with Gasteiger partial charge in [0.15, 0.2) is 0 Å². The van der Waals surface area contributed by atoms with E-state index in [2.05, 4.69) is 69.7 Å². The van der Waals surface area contributed by atoms with Gasteiger partial charge in [-0.25, -0.2) is 0 Å². The predicted octanol–water partition coefficient (Wildman–Crippen LogP) is 5.83. The van der Waals surface area contributed by atoms with Crippen molar-refractivity contribution in [2.75, 3.05) is 9.80 Å². The summed E-state index contributed by atoms with van der Waals surface area (Å²) in [4.78, 5) is 4.04. The van der Waals surface area contributed by atoms with Gasteiger partial charge in [-0.2, -0.15) is 0 Å². The molecule has 2 aliphatic heterocycles. The fraction of sp³-hybridized carbons (Fsp3) is 0.261. The maximum Gasteiger partial charge on any atom is 0.218 e. The molecule has 0 amide bonds. The maximum atomic E-state index is 10.4. The summed E-state index contributed by atoms with van der Waals surface area (Å²) in [5.41, 5.74) is 6.61. The minimum Gasteiger partial charge on any atom is -0.506 e. The number of hydrogen-bond donors (Lipinski definition) is 1. The molecule has 2 aromatic rings. The molecule has 2 radical (unpaired) electrons. The van der Waals surface area contributed by atoms with E-state index in [-0.39, 0.29) is 5.75 Å². The van der Waals surface area contributed by atoms with Gasteiger partial charge in [-0.05, 0) is 35.1 Å². The number of anilines is 2. The van der Waals surface area contributed by atoms with E-state index < -0.39 is 0 Å². The second-order valence-electron chi connectivity index (χ2n) is 7.50. The molecular weight excluding hydrogens is 320 g/mol. The lowest BCUT2D eigenvalue weighted by molar-refractivity contribution is 0.475. The van der Waals surface area contributed by atoms with Crippen molar-refractivity contribution < 1.29 is 5.11 Å². The fourth-order valence-electron chi connectivity index (χ4n) is 3.69. The molecule has 0 bridgehead atoms. The van der Waals surface area contributed by atoms with E-state index in [1.54, 1.807) is 6.07 Å². The monoisotopic (exact) mass is 344 g/mol. The number of para-hydroxylation sites is 2. The smallest absolute Gasteiger partial charge is 0.218 e. The first-order valence-corrected chi connectivity index (χ1v) is 9.17. The molecule has 0 fully saturated rings. The van der Waals surface area contributed by atoms with Crippen molar-refractivity contribution in [2.45, 2.75) is 39.5 Å².